The maximum atomic E-state index is 13.9. The van der Waals surface area contributed by atoms with E-state index in [-0.39, 0.29) is 18.2 Å². The first-order valence-corrected chi connectivity index (χ1v) is 11.0. The van der Waals surface area contributed by atoms with Gasteiger partial charge in [0.15, 0.2) is 5.65 Å². The van der Waals surface area contributed by atoms with Crippen LogP contribution in [0.1, 0.15) is 0 Å². The van der Waals surface area contributed by atoms with Crippen molar-refractivity contribution in [1.29, 1.82) is 0 Å². The van der Waals surface area contributed by atoms with E-state index in [9.17, 15) is 4.39 Å². The summed E-state index contributed by atoms with van der Waals surface area (Å²) in [5.41, 5.74) is 13.3. The summed E-state index contributed by atoms with van der Waals surface area (Å²) in [6.45, 7) is 0.868. The second kappa shape index (κ2) is 7.08. The predicted molar refractivity (Wildman–Crippen MR) is 106 cm³/mol. The van der Waals surface area contributed by atoms with Crippen molar-refractivity contribution in [2.45, 2.75) is 6.73 Å². The van der Waals surface area contributed by atoms with Crippen molar-refractivity contribution in [3.8, 4) is 11.3 Å². The van der Waals surface area contributed by atoms with Crippen LogP contribution in [0.15, 0.2) is 24.5 Å². The highest BCUT2D eigenvalue weighted by molar-refractivity contribution is 8.32. The summed E-state index contributed by atoms with van der Waals surface area (Å²) >= 11 is 0. The predicted octanol–water partition coefficient (Wildman–Crippen LogP) is 2.46. The van der Waals surface area contributed by atoms with Crippen molar-refractivity contribution < 1.29 is 9.13 Å². The van der Waals surface area contributed by atoms with E-state index >= 15 is 0 Å². The SMILES string of the molecule is CS(C)(C)CCOCn1nc(-c2ccc(N)c(F)c2)c2c(N)ncnc21. The Hall–Kier alpha value is -2.39. The van der Waals surface area contributed by atoms with Crippen molar-refractivity contribution in [3.63, 3.8) is 0 Å². The minimum absolute atomic E-state index is 0.0784. The Morgan fingerprint density at radius 1 is 1.19 bits per heavy atom. The fraction of sp³-hybridized carbons (Fsp3) is 0.353. The zero-order valence-electron chi connectivity index (χ0n) is 15.1. The van der Waals surface area contributed by atoms with Gasteiger partial charge in [0.1, 0.15) is 30.4 Å². The van der Waals surface area contributed by atoms with Crippen molar-refractivity contribution >= 4 is 32.6 Å². The molecule has 140 valence electrons. The molecule has 0 saturated carbocycles. The summed E-state index contributed by atoms with van der Waals surface area (Å²) in [5, 5.41) is 5.10. The molecule has 0 amide bonds. The van der Waals surface area contributed by atoms with Crippen molar-refractivity contribution in [3.05, 3.63) is 30.3 Å². The van der Waals surface area contributed by atoms with E-state index in [1.54, 1.807) is 10.7 Å². The lowest BCUT2D eigenvalue weighted by Gasteiger charge is -2.24. The van der Waals surface area contributed by atoms with Crippen LogP contribution in [0.3, 0.4) is 0 Å². The van der Waals surface area contributed by atoms with Gasteiger partial charge in [-0.1, -0.05) is 6.07 Å². The van der Waals surface area contributed by atoms with Crippen LogP contribution in [0.5, 0.6) is 0 Å². The zero-order valence-corrected chi connectivity index (χ0v) is 15.9. The average molecular weight is 378 g/mol. The van der Waals surface area contributed by atoms with Crippen LogP contribution >= 0.6 is 10.0 Å². The minimum Gasteiger partial charge on any atom is -0.396 e. The highest BCUT2D eigenvalue weighted by atomic mass is 32.3. The molecule has 26 heavy (non-hydrogen) atoms. The molecule has 0 atom stereocenters. The molecule has 0 aliphatic heterocycles. The Kier molecular flexibility index (Phi) is 5.01. The Balaban J connectivity index is 1.95. The summed E-state index contributed by atoms with van der Waals surface area (Å²) in [5.74, 6) is 0.775. The maximum Gasteiger partial charge on any atom is 0.166 e. The molecule has 7 nitrogen and oxygen atoms in total. The van der Waals surface area contributed by atoms with Gasteiger partial charge in [0.05, 0.1) is 17.7 Å². The van der Waals surface area contributed by atoms with E-state index in [1.165, 1.54) is 18.5 Å². The number of nitrogens with zero attached hydrogens (tertiary/aromatic N) is 4. The van der Waals surface area contributed by atoms with Crippen LogP contribution < -0.4 is 11.5 Å². The molecule has 0 aliphatic carbocycles. The lowest BCUT2D eigenvalue weighted by Crippen LogP contribution is -2.11. The van der Waals surface area contributed by atoms with E-state index in [0.29, 0.717) is 28.9 Å². The summed E-state index contributed by atoms with van der Waals surface area (Å²) in [6, 6.07) is 4.52. The molecule has 3 rings (SSSR count). The summed E-state index contributed by atoms with van der Waals surface area (Å²) in [4.78, 5) is 8.30. The smallest absolute Gasteiger partial charge is 0.166 e. The van der Waals surface area contributed by atoms with Crippen molar-refractivity contribution in [1.82, 2.24) is 19.7 Å². The number of hydrogen-bond acceptors (Lipinski definition) is 6. The Labute approximate surface area is 152 Å². The largest absolute Gasteiger partial charge is 0.396 e. The molecular formula is C17H23FN6OS. The topological polar surface area (TPSA) is 105 Å². The quantitative estimate of drug-likeness (QED) is 0.504. The molecule has 2 heterocycles. The molecule has 3 aromatic rings. The number of aromatic nitrogens is 4. The summed E-state index contributed by atoms with van der Waals surface area (Å²) in [7, 11) is -0.628. The number of halogens is 1. The molecule has 0 unspecified atom stereocenters. The first kappa shape index (κ1) is 18.4. The number of nitrogens with two attached hydrogens (primary N) is 2. The van der Waals surface area contributed by atoms with Gasteiger partial charge in [-0.05, 0) is 30.9 Å². The van der Waals surface area contributed by atoms with Gasteiger partial charge in [-0.3, -0.25) is 0 Å². The van der Waals surface area contributed by atoms with Gasteiger partial charge in [0, 0.05) is 11.3 Å². The maximum absolute atomic E-state index is 13.9. The number of anilines is 2. The second-order valence-electron chi connectivity index (χ2n) is 6.87. The highest BCUT2D eigenvalue weighted by Gasteiger charge is 2.18. The first-order valence-electron chi connectivity index (χ1n) is 8.02. The van der Waals surface area contributed by atoms with E-state index in [0.717, 1.165) is 5.75 Å². The second-order valence-corrected chi connectivity index (χ2v) is 11.5. The van der Waals surface area contributed by atoms with Crippen molar-refractivity contribution in [2.75, 3.05) is 42.6 Å². The average Bonchev–Trinajstić information content (AvgIpc) is 2.94. The van der Waals surface area contributed by atoms with Crippen LogP contribution in [0.4, 0.5) is 15.9 Å². The number of benzene rings is 1. The van der Waals surface area contributed by atoms with E-state index in [4.69, 9.17) is 16.2 Å². The van der Waals surface area contributed by atoms with Crippen LogP contribution in [0.2, 0.25) is 0 Å². The highest BCUT2D eigenvalue weighted by Crippen LogP contribution is 2.34. The third-order valence-corrected chi connectivity index (χ3v) is 5.28. The van der Waals surface area contributed by atoms with Gasteiger partial charge in [-0.2, -0.15) is 5.10 Å². The van der Waals surface area contributed by atoms with Gasteiger partial charge < -0.3 is 16.2 Å². The fourth-order valence-electron chi connectivity index (χ4n) is 2.46. The standard InChI is InChI=1S/C17H23FN6OS/c1-26(2,3)7-6-25-10-24-17-14(16(20)21-9-22-17)15(23-24)11-4-5-13(19)12(18)8-11/h4-5,8-9H,6-7,10,19H2,1-3H3,(H2,20,21,22). The van der Waals surface area contributed by atoms with Gasteiger partial charge in [-0.15, -0.1) is 0 Å². The number of hydrogen-bond donors (Lipinski definition) is 2. The van der Waals surface area contributed by atoms with Gasteiger partial charge in [0.2, 0.25) is 0 Å². The molecule has 0 saturated heterocycles. The third-order valence-electron chi connectivity index (χ3n) is 3.89. The monoisotopic (exact) mass is 378 g/mol. The lowest BCUT2D eigenvalue weighted by atomic mass is 10.1. The van der Waals surface area contributed by atoms with Gasteiger partial charge in [-0.25, -0.2) is 29.1 Å². The Bertz CT molecular complexity index is 937. The third kappa shape index (κ3) is 3.88. The number of fused-ring (bicyclic) bond motifs is 1. The number of nitrogen functional groups attached to an aromatic ring is 2. The molecule has 9 heteroatoms. The molecule has 1 aromatic carbocycles. The Morgan fingerprint density at radius 3 is 2.65 bits per heavy atom. The molecule has 0 radical (unpaired) electrons. The van der Waals surface area contributed by atoms with Gasteiger partial charge >= 0.3 is 0 Å². The zero-order chi connectivity index (χ0) is 18.9. The summed E-state index contributed by atoms with van der Waals surface area (Å²) < 4.78 is 21.3. The van der Waals surface area contributed by atoms with Crippen LogP contribution in [-0.4, -0.2) is 50.9 Å². The van der Waals surface area contributed by atoms with Crippen LogP contribution in [-0.2, 0) is 11.5 Å². The first-order chi connectivity index (χ1) is 12.3. The van der Waals surface area contributed by atoms with E-state index in [1.807, 2.05) is 0 Å². The Morgan fingerprint density at radius 2 is 1.96 bits per heavy atom. The number of ether oxygens (including phenoxy) is 1. The lowest BCUT2D eigenvalue weighted by molar-refractivity contribution is 0.0838. The molecule has 0 aliphatic rings. The van der Waals surface area contributed by atoms with E-state index < -0.39 is 15.8 Å². The molecule has 0 bridgehead atoms. The number of rotatable bonds is 6. The summed E-state index contributed by atoms with van der Waals surface area (Å²) in [6.07, 6.45) is 8.09. The van der Waals surface area contributed by atoms with Gasteiger partial charge in [0.25, 0.3) is 0 Å². The fourth-order valence-corrected chi connectivity index (χ4v) is 3.07. The molecule has 2 aromatic heterocycles. The van der Waals surface area contributed by atoms with Crippen LogP contribution in [0, 0.1) is 5.82 Å². The minimum atomic E-state index is -0.628. The molecular weight excluding hydrogens is 355 g/mol. The van der Waals surface area contributed by atoms with Crippen LogP contribution in [0.25, 0.3) is 22.3 Å². The van der Waals surface area contributed by atoms with E-state index in [2.05, 4.69) is 33.8 Å². The molecule has 4 N–H and O–H groups in total. The molecule has 0 fully saturated rings. The molecule has 0 spiro atoms. The van der Waals surface area contributed by atoms with Crippen molar-refractivity contribution in [2.24, 2.45) is 0 Å². The normalized spacial score (nSPS) is 12.6.